The van der Waals surface area contributed by atoms with E-state index < -0.39 is 0 Å². The van der Waals surface area contributed by atoms with Gasteiger partial charge in [0, 0.05) is 18.3 Å². The Hall–Kier alpha value is -1.29. The Balaban J connectivity index is 1.95. The van der Waals surface area contributed by atoms with E-state index >= 15 is 0 Å². The SMILES string of the molecule is NC1CCCC1NC(=O)c1ccc[nH]1. The van der Waals surface area contributed by atoms with Crippen LogP contribution < -0.4 is 11.1 Å². The van der Waals surface area contributed by atoms with Gasteiger partial charge in [-0.15, -0.1) is 0 Å². The van der Waals surface area contributed by atoms with E-state index in [1.54, 1.807) is 12.3 Å². The van der Waals surface area contributed by atoms with Crippen molar-refractivity contribution in [1.29, 1.82) is 0 Å². The number of amides is 1. The van der Waals surface area contributed by atoms with E-state index in [9.17, 15) is 4.79 Å². The molecule has 4 N–H and O–H groups in total. The van der Waals surface area contributed by atoms with Gasteiger partial charge in [0.1, 0.15) is 5.69 Å². The molecule has 0 radical (unpaired) electrons. The minimum Gasteiger partial charge on any atom is -0.357 e. The molecule has 2 unspecified atom stereocenters. The summed E-state index contributed by atoms with van der Waals surface area (Å²) in [6, 6.07) is 3.83. The fraction of sp³-hybridized carbons (Fsp3) is 0.500. The molecule has 0 aliphatic heterocycles. The van der Waals surface area contributed by atoms with Crippen molar-refractivity contribution in [1.82, 2.24) is 10.3 Å². The molecule has 4 heteroatoms. The molecule has 1 fully saturated rings. The van der Waals surface area contributed by atoms with Crippen molar-refractivity contribution in [2.75, 3.05) is 0 Å². The zero-order valence-electron chi connectivity index (χ0n) is 7.99. The van der Waals surface area contributed by atoms with Crippen molar-refractivity contribution in [2.45, 2.75) is 31.3 Å². The van der Waals surface area contributed by atoms with Gasteiger partial charge in [-0.1, -0.05) is 0 Å². The molecule has 2 rings (SSSR count). The lowest BCUT2D eigenvalue weighted by atomic mass is 10.2. The molecular weight excluding hydrogens is 178 g/mol. The summed E-state index contributed by atoms with van der Waals surface area (Å²) in [6.07, 6.45) is 4.85. The molecule has 0 spiro atoms. The summed E-state index contributed by atoms with van der Waals surface area (Å²) in [6.45, 7) is 0. The van der Waals surface area contributed by atoms with Crippen LogP contribution in [0.1, 0.15) is 29.8 Å². The van der Waals surface area contributed by atoms with Crippen LogP contribution in [0.25, 0.3) is 0 Å². The molecule has 1 aliphatic rings. The zero-order chi connectivity index (χ0) is 9.97. The van der Waals surface area contributed by atoms with E-state index in [0.29, 0.717) is 5.69 Å². The van der Waals surface area contributed by atoms with Crippen molar-refractivity contribution >= 4 is 5.91 Å². The van der Waals surface area contributed by atoms with Crippen LogP contribution >= 0.6 is 0 Å². The third kappa shape index (κ3) is 1.80. The Bertz CT molecular complexity index is 307. The third-order valence-electron chi connectivity index (χ3n) is 2.73. The van der Waals surface area contributed by atoms with Crippen molar-refractivity contribution < 1.29 is 4.79 Å². The highest BCUT2D eigenvalue weighted by atomic mass is 16.1. The molecule has 1 heterocycles. The molecule has 1 aromatic heterocycles. The molecule has 1 aromatic rings. The number of carbonyl (C=O) groups is 1. The van der Waals surface area contributed by atoms with Crippen molar-refractivity contribution in [3.05, 3.63) is 24.0 Å². The minimum atomic E-state index is -0.0580. The summed E-state index contributed by atoms with van der Waals surface area (Å²) in [4.78, 5) is 14.5. The highest BCUT2D eigenvalue weighted by Crippen LogP contribution is 2.17. The van der Waals surface area contributed by atoms with Gasteiger partial charge in [0.05, 0.1) is 0 Å². The molecule has 76 valence electrons. The number of hydrogen-bond donors (Lipinski definition) is 3. The van der Waals surface area contributed by atoms with Gasteiger partial charge in [0.15, 0.2) is 0 Å². The van der Waals surface area contributed by atoms with Gasteiger partial charge in [-0.05, 0) is 31.4 Å². The summed E-state index contributed by atoms with van der Waals surface area (Å²) in [5.41, 5.74) is 6.46. The van der Waals surface area contributed by atoms with Gasteiger partial charge < -0.3 is 16.0 Å². The summed E-state index contributed by atoms with van der Waals surface area (Å²) in [7, 11) is 0. The molecule has 1 amide bonds. The smallest absolute Gasteiger partial charge is 0.267 e. The van der Waals surface area contributed by atoms with Crippen LogP contribution in [0.3, 0.4) is 0 Å². The Labute approximate surface area is 82.9 Å². The van der Waals surface area contributed by atoms with E-state index in [1.807, 2.05) is 6.07 Å². The monoisotopic (exact) mass is 193 g/mol. The van der Waals surface area contributed by atoms with E-state index in [2.05, 4.69) is 10.3 Å². The Kier molecular flexibility index (Phi) is 2.54. The third-order valence-corrected chi connectivity index (χ3v) is 2.73. The molecule has 4 nitrogen and oxygen atoms in total. The van der Waals surface area contributed by atoms with E-state index in [0.717, 1.165) is 19.3 Å². The first-order valence-electron chi connectivity index (χ1n) is 4.97. The van der Waals surface area contributed by atoms with Crippen LogP contribution in [0.5, 0.6) is 0 Å². The average Bonchev–Trinajstić information content (AvgIpc) is 2.77. The molecule has 2 atom stereocenters. The van der Waals surface area contributed by atoms with Gasteiger partial charge in [-0.2, -0.15) is 0 Å². The van der Waals surface area contributed by atoms with Crippen LogP contribution in [-0.4, -0.2) is 23.0 Å². The molecule has 1 aliphatic carbocycles. The normalized spacial score (nSPS) is 26.4. The van der Waals surface area contributed by atoms with Crippen molar-refractivity contribution in [2.24, 2.45) is 5.73 Å². The maximum atomic E-state index is 11.6. The second kappa shape index (κ2) is 3.84. The van der Waals surface area contributed by atoms with Crippen molar-refractivity contribution in [3.63, 3.8) is 0 Å². The first-order valence-corrected chi connectivity index (χ1v) is 4.97. The molecule has 0 aromatic carbocycles. The molecule has 1 saturated carbocycles. The van der Waals surface area contributed by atoms with Gasteiger partial charge >= 0.3 is 0 Å². The first-order chi connectivity index (χ1) is 6.77. The molecular formula is C10H15N3O. The van der Waals surface area contributed by atoms with Crippen LogP contribution in [0.2, 0.25) is 0 Å². The second-order valence-electron chi connectivity index (χ2n) is 3.76. The zero-order valence-corrected chi connectivity index (χ0v) is 7.99. The van der Waals surface area contributed by atoms with E-state index in [4.69, 9.17) is 5.73 Å². The summed E-state index contributed by atoms with van der Waals surface area (Å²) >= 11 is 0. The second-order valence-corrected chi connectivity index (χ2v) is 3.76. The van der Waals surface area contributed by atoms with Gasteiger partial charge in [0.25, 0.3) is 5.91 Å². The lowest BCUT2D eigenvalue weighted by molar-refractivity contribution is 0.0930. The highest BCUT2D eigenvalue weighted by molar-refractivity contribution is 5.92. The highest BCUT2D eigenvalue weighted by Gasteiger charge is 2.25. The van der Waals surface area contributed by atoms with Crippen LogP contribution in [0.4, 0.5) is 0 Å². The molecule has 0 saturated heterocycles. The Morgan fingerprint density at radius 1 is 1.57 bits per heavy atom. The number of hydrogen-bond acceptors (Lipinski definition) is 2. The van der Waals surface area contributed by atoms with Gasteiger partial charge in [-0.3, -0.25) is 4.79 Å². The summed E-state index contributed by atoms with van der Waals surface area (Å²) in [5, 5.41) is 2.94. The molecule has 0 bridgehead atoms. The van der Waals surface area contributed by atoms with E-state index in [1.165, 1.54) is 0 Å². The number of carbonyl (C=O) groups excluding carboxylic acids is 1. The number of rotatable bonds is 2. The fourth-order valence-corrected chi connectivity index (χ4v) is 1.89. The van der Waals surface area contributed by atoms with Crippen LogP contribution in [0.15, 0.2) is 18.3 Å². The summed E-state index contributed by atoms with van der Waals surface area (Å²) in [5.74, 6) is -0.0580. The van der Waals surface area contributed by atoms with Crippen molar-refractivity contribution in [3.8, 4) is 0 Å². The minimum absolute atomic E-state index is 0.0580. The quantitative estimate of drug-likeness (QED) is 0.644. The number of H-pyrrole nitrogens is 1. The summed E-state index contributed by atoms with van der Waals surface area (Å²) < 4.78 is 0. The van der Waals surface area contributed by atoms with Gasteiger partial charge in [-0.25, -0.2) is 0 Å². The van der Waals surface area contributed by atoms with Crippen LogP contribution in [0, 0.1) is 0 Å². The largest absolute Gasteiger partial charge is 0.357 e. The molecule has 14 heavy (non-hydrogen) atoms. The number of aromatic nitrogens is 1. The lowest BCUT2D eigenvalue weighted by Gasteiger charge is -2.16. The van der Waals surface area contributed by atoms with Crippen LogP contribution in [-0.2, 0) is 0 Å². The van der Waals surface area contributed by atoms with E-state index in [-0.39, 0.29) is 18.0 Å². The lowest BCUT2D eigenvalue weighted by Crippen LogP contribution is -2.44. The maximum absolute atomic E-state index is 11.6. The maximum Gasteiger partial charge on any atom is 0.267 e. The van der Waals surface area contributed by atoms with Gasteiger partial charge in [0.2, 0.25) is 0 Å². The number of nitrogens with two attached hydrogens (primary N) is 1. The fourth-order valence-electron chi connectivity index (χ4n) is 1.89. The Morgan fingerprint density at radius 3 is 3.00 bits per heavy atom. The standard InChI is InChI=1S/C10H15N3O/c11-7-3-1-4-8(7)13-10(14)9-5-2-6-12-9/h2,5-8,12H,1,3-4,11H2,(H,13,14). The predicted molar refractivity (Wildman–Crippen MR) is 53.9 cm³/mol. The first kappa shape index (κ1) is 9.27. The topological polar surface area (TPSA) is 70.9 Å². The Morgan fingerprint density at radius 2 is 2.43 bits per heavy atom. The number of aromatic amines is 1. The predicted octanol–water partition coefficient (Wildman–Crippen LogP) is 0.624. The average molecular weight is 193 g/mol. The number of nitrogens with one attached hydrogen (secondary N) is 2.